The lowest BCUT2D eigenvalue weighted by atomic mass is 10.1. The molecule has 2 amide bonds. The number of nitrogens with one attached hydrogen (secondary N) is 1. The van der Waals surface area contributed by atoms with Gasteiger partial charge in [-0.2, -0.15) is 0 Å². The van der Waals surface area contributed by atoms with E-state index < -0.39 is 11.9 Å². The van der Waals surface area contributed by atoms with Gasteiger partial charge in [0.15, 0.2) is 0 Å². The molecule has 2 rings (SSSR count). The summed E-state index contributed by atoms with van der Waals surface area (Å²) in [6.07, 6.45) is 1.72. The molecule has 0 aromatic carbocycles. The van der Waals surface area contributed by atoms with Crippen molar-refractivity contribution in [2.45, 2.75) is 26.7 Å². The highest BCUT2D eigenvalue weighted by Gasteiger charge is 2.45. The van der Waals surface area contributed by atoms with Crippen LogP contribution in [0.2, 0.25) is 0 Å². The van der Waals surface area contributed by atoms with Crippen LogP contribution >= 0.6 is 0 Å². The molecule has 17 heavy (non-hydrogen) atoms. The molecule has 5 nitrogen and oxygen atoms in total. The van der Waals surface area contributed by atoms with Gasteiger partial charge >= 0.3 is 12.0 Å². The van der Waals surface area contributed by atoms with Gasteiger partial charge in [0.25, 0.3) is 0 Å². The van der Waals surface area contributed by atoms with Crippen LogP contribution in [0.1, 0.15) is 26.7 Å². The maximum atomic E-state index is 11.8. The summed E-state index contributed by atoms with van der Waals surface area (Å²) < 4.78 is 0. The maximum absolute atomic E-state index is 11.8. The number of aliphatic carboxylic acids is 1. The van der Waals surface area contributed by atoms with Crippen LogP contribution in [-0.2, 0) is 4.79 Å². The van der Waals surface area contributed by atoms with Gasteiger partial charge in [-0.1, -0.05) is 13.8 Å². The molecule has 2 aliphatic rings. The monoisotopic (exact) mass is 240 g/mol. The second kappa shape index (κ2) is 4.20. The van der Waals surface area contributed by atoms with Crippen molar-refractivity contribution in [3.63, 3.8) is 0 Å². The Morgan fingerprint density at radius 3 is 2.59 bits per heavy atom. The molecule has 0 spiro atoms. The van der Waals surface area contributed by atoms with Crippen molar-refractivity contribution in [2.75, 3.05) is 19.6 Å². The molecule has 0 bridgehead atoms. The van der Waals surface area contributed by atoms with Gasteiger partial charge in [-0.25, -0.2) is 4.79 Å². The summed E-state index contributed by atoms with van der Waals surface area (Å²) in [5.74, 6) is -0.619. The lowest BCUT2D eigenvalue weighted by Crippen LogP contribution is -2.40. The predicted octanol–water partition coefficient (Wildman–Crippen LogP) is 1.15. The lowest BCUT2D eigenvalue weighted by molar-refractivity contribution is -0.141. The number of hydrogen-bond acceptors (Lipinski definition) is 2. The molecule has 1 saturated heterocycles. The Bertz CT molecular complexity index is 341. The molecular formula is C12H20N2O3. The second-order valence-electron chi connectivity index (χ2n) is 5.85. The number of amides is 2. The van der Waals surface area contributed by atoms with Gasteiger partial charge in [0.05, 0.1) is 5.92 Å². The normalized spacial score (nSPS) is 30.1. The molecular weight excluding hydrogens is 220 g/mol. The highest BCUT2D eigenvalue weighted by molar-refractivity contribution is 5.77. The van der Waals surface area contributed by atoms with Gasteiger partial charge < -0.3 is 15.3 Å². The van der Waals surface area contributed by atoms with Crippen molar-refractivity contribution in [1.82, 2.24) is 10.2 Å². The van der Waals surface area contributed by atoms with Gasteiger partial charge in [-0.3, -0.25) is 4.79 Å². The molecule has 2 fully saturated rings. The predicted molar refractivity (Wildman–Crippen MR) is 62.6 cm³/mol. The summed E-state index contributed by atoms with van der Waals surface area (Å²) in [7, 11) is 0. The molecule has 0 aromatic heterocycles. The first kappa shape index (κ1) is 12.2. The van der Waals surface area contributed by atoms with Crippen LogP contribution in [0, 0.1) is 17.3 Å². The number of carbonyl (C=O) groups is 2. The summed E-state index contributed by atoms with van der Waals surface area (Å²) in [4.78, 5) is 24.2. The lowest BCUT2D eigenvalue weighted by Gasteiger charge is -2.17. The van der Waals surface area contributed by atoms with E-state index in [0.29, 0.717) is 37.4 Å². The number of carboxylic acids is 1. The van der Waals surface area contributed by atoms with Crippen LogP contribution in [-0.4, -0.2) is 41.6 Å². The molecule has 96 valence electrons. The molecule has 0 radical (unpaired) electrons. The fraction of sp³-hybridized carbons (Fsp3) is 0.833. The minimum Gasteiger partial charge on any atom is -0.481 e. The third-order valence-corrected chi connectivity index (χ3v) is 4.04. The van der Waals surface area contributed by atoms with Crippen molar-refractivity contribution in [2.24, 2.45) is 17.3 Å². The van der Waals surface area contributed by atoms with Gasteiger partial charge in [-0.05, 0) is 24.2 Å². The Balaban J connectivity index is 1.72. The van der Waals surface area contributed by atoms with Crippen LogP contribution in [0.3, 0.4) is 0 Å². The minimum atomic E-state index is -0.802. The second-order valence-corrected chi connectivity index (χ2v) is 5.85. The highest BCUT2D eigenvalue weighted by atomic mass is 16.4. The number of hydrogen-bond donors (Lipinski definition) is 2. The molecule has 0 aromatic rings. The van der Waals surface area contributed by atoms with Crippen molar-refractivity contribution >= 4 is 12.0 Å². The molecule has 2 N–H and O–H groups in total. The van der Waals surface area contributed by atoms with Gasteiger partial charge in [-0.15, -0.1) is 0 Å². The molecule has 1 aliphatic carbocycles. The standard InChI is InChI=1S/C12H20N2O3/c1-12(2)5-9(12)6-13-11(17)14-4-3-8(7-14)10(15)16/h8-9H,3-7H2,1-2H3,(H,13,17)(H,15,16). The van der Waals surface area contributed by atoms with E-state index in [1.165, 1.54) is 0 Å². The van der Waals surface area contributed by atoms with E-state index in [-0.39, 0.29) is 6.03 Å². The Labute approximate surface area is 101 Å². The quantitative estimate of drug-likeness (QED) is 0.777. The summed E-state index contributed by atoms with van der Waals surface area (Å²) in [6.45, 7) is 5.99. The Morgan fingerprint density at radius 1 is 1.47 bits per heavy atom. The number of likely N-dealkylation sites (tertiary alicyclic amines) is 1. The van der Waals surface area contributed by atoms with Gasteiger partial charge in [0, 0.05) is 19.6 Å². The van der Waals surface area contributed by atoms with Crippen molar-refractivity contribution < 1.29 is 14.7 Å². The first-order valence-corrected chi connectivity index (χ1v) is 6.16. The Morgan fingerprint density at radius 2 is 2.12 bits per heavy atom. The topological polar surface area (TPSA) is 69.6 Å². The zero-order valence-corrected chi connectivity index (χ0v) is 10.4. The van der Waals surface area contributed by atoms with Crippen LogP contribution in [0.25, 0.3) is 0 Å². The number of carbonyl (C=O) groups excluding carboxylic acids is 1. The van der Waals surface area contributed by atoms with E-state index in [0.717, 1.165) is 6.42 Å². The van der Waals surface area contributed by atoms with E-state index in [2.05, 4.69) is 19.2 Å². The summed E-state index contributed by atoms with van der Waals surface area (Å²) in [5.41, 5.74) is 0.363. The molecule has 1 heterocycles. The van der Waals surface area contributed by atoms with Crippen molar-refractivity contribution in [1.29, 1.82) is 0 Å². The average Bonchev–Trinajstić information content (AvgIpc) is 2.68. The van der Waals surface area contributed by atoms with Crippen molar-refractivity contribution in [3.8, 4) is 0 Å². The average molecular weight is 240 g/mol. The smallest absolute Gasteiger partial charge is 0.317 e. The highest BCUT2D eigenvalue weighted by Crippen LogP contribution is 2.50. The molecule has 1 aliphatic heterocycles. The summed E-state index contributed by atoms with van der Waals surface area (Å²) in [6, 6.07) is -0.114. The van der Waals surface area contributed by atoms with E-state index in [9.17, 15) is 9.59 Å². The first-order valence-electron chi connectivity index (χ1n) is 6.16. The number of nitrogens with zero attached hydrogens (tertiary/aromatic N) is 1. The number of urea groups is 1. The van der Waals surface area contributed by atoms with Gasteiger partial charge in [0.2, 0.25) is 0 Å². The number of rotatable bonds is 3. The third-order valence-electron chi connectivity index (χ3n) is 4.04. The van der Waals surface area contributed by atoms with E-state index in [1.807, 2.05) is 0 Å². The molecule has 1 saturated carbocycles. The van der Waals surface area contributed by atoms with Crippen LogP contribution < -0.4 is 5.32 Å². The minimum absolute atomic E-state index is 0.114. The van der Waals surface area contributed by atoms with Crippen molar-refractivity contribution in [3.05, 3.63) is 0 Å². The summed E-state index contributed by atoms with van der Waals surface area (Å²) >= 11 is 0. The van der Waals surface area contributed by atoms with E-state index >= 15 is 0 Å². The Hall–Kier alpha value is -1.26. The fourth-order valence-corrected chi connectivity index (χ4v) is 2.39. The largest absolute Gasteiger partial charge is 0.481 e. The van der Waals surface area contributed by atoms with Gasteiger partial charge in [0.1, 0.15) is 0 Å². The first-order chi connectivity index (χ1) is 7.90. The number of carboxylic acid groups (broad SMARTS) is 1. The van der Waals surface area contributed by atoms with Crippen LogP contribution in [0.15, 0.2) is 0 Å². The summed E-state index contributed by atoms with van der Waals surface area (Å²) in [5, 5.41) is 11.7. The molecule has 5 heteroatoms. The zero-order valence-electron chi connectivity index (χ0n) is 10.4. The third kappa shape index (κ3) is 2.70. The van der Waals surface area contributed by atoms with E-state index in [1.54, 1.807) is 4.90 Å². The SMILES string of the molecule is CC1(C)CC1CNC(=O)N1CCC(C(=O)O)C1. The molecule has 2 unspecified atom stereocenters. The van der Waals surface area contributed by atoms with Crippen LogP contribution in [0.5, 0.6) is 0 Å². The fourth-order valence-electron chi connectivity index (χ4n) is 2.39. The zero-order chi connectivity index (χ0) is 12.6. The van der Waals surface area contributed by atoms with E-state index in [4.69, 9.17) is 5.11 Å². The molecule has 2 atom stereocenters. The van der Waals surface area contributed by atoms with Crippen LogP contribution in [0.4, 0.5) is 4.79 Å². The Kier molecular flexibility index (Phi) is 3.02. The maximum Gasteiger partial charge on any atom is 0.317 e.